The molecule has 2 aromatic rings. The average Bonchev–Trinajstić information content (AvgIpc) is 2.80. The maximum absolute atomic E-state index is 6.45. The van der Waals surface area contributed by atoms with Crippen molar-refractivity contribution in [1.82, 2.24) is 0 Å². The number of hydrogen-bond acceptors (Lipinski definition) is 4. The first kappa shape index (κ1) is 25.6. The molecule has 4 heteroatoms. The van der Waals surface area contributed by atoms with E-state index >= 15 is 0 Å². The van der Waals surface area contributed by atoms with Crippen molar-refractivity contribution in [3.8, 4) is 5.75 Å². The second kappa shape index (κ2) is 17.0. The second-order valence-electron chi connectivity index (χ2n) is 8.01. The van der Waals surface area contributed by atoms with Crippen molar-refractivity contribution in [2.24, 2.45) is 0 Å². The first-order chi connectivity index (χ1) is 15.3. The van der Waals surface area contributed by atoms with Crippen LogP contribution in [-0.4, -0.2) is 45.7 Å². The zero-order valence-electron chi connectivity index (χ0n) is 19.7. The molecule has 0 aliphatic carbocycles. The standard InChI is InChI=1S/C27H42O4/c1-3-5-6-7-8-9-10-16-25(23-30-22-21-29-20-19-28-4-2)31-27-18-13-15-24-14-11-12-17-26(24)27/h11-15,17-18,25H,3-10,16,19-23H2,1-2H3. The van der Waals surface area contributed by atoms with Gasteiger partial charge in [0, 0.05) is 12.0 Å². The lowest BCUT2D eigenvalue weighted by atomic mass is 10.1. The minimum Gasteiger partial charge on any atom is -0.487 e. The Morgan fingerprint density at radius 2 is 1.35 bits per heavy atom. The molecule has 0 amide bonds. The van der Waals surface area contributed by atoms with Crippen LogP contribution in [0.15, 0.2) is 42.5 Å². The largest absolute Gasteiger partial charge is 0.487 e. The fraction of sp³-hybridized carbons (Fsp3) is 0.630. The third-order valence-electron chi connectivity index (χ3n) is 5.42. The van der Waals surface area contributed by atoms with Gasteiger partial charge < -0.3 is 18.9 Å². The Morgan fingerprint density at radius 3 is 2.16 bits per heavy atom. The summed E-state index contributed by atoms with van der Waals surface area (Å²) >= 11 is 0. The van der Waals surface area contributed by atoms with E-state index in [4.69, 9.17) is 18.9 Å². The van der Waals surface area contributed by atoms with Crippen molar-refractivity contribution < 1.29 is 18.9 Å². The highest BCUT2D eigenvalue weighted by Crippen LogP contribution is 2.27. The molecule has 4 nitrogen and oxygen atoms in total. The molecule has 0 aliphatic rings. The minimum absolute atomic E-state index is 0.0601. The molecule has 0 spiro atoms. The number of benzene rings is 2. The Bertz CT molecular complexity index is 682. The number of unbranched alkanes of at least 4 members (excludes halogenated alkanes) is 6. The van der Waals surface area contributed by atoms with Gasteiger partial charge in [0.1, 0.15) is 11.9 Å². The third-order valence-corrected chi connectivity index (χ3v) is 5.42. The molecule has 1 unspecified atom stereocenters. The van der Waals surface area contributed by atoms with E-state index in [0.717, 1.165) is 24.2 Å². The Balaban J connectivity index is 1.79. The molecule has 0 saturated heterocycles. The lowest BCUT2D eigenvalue weighted by Crippen LogP contribution is -2.24. The maximum Gasteiger partial charge on any atom is 0.127 e. The molecule has 2 rings (SSSR count). The molecule has 0 aliphatic heterocycles. The van der Waals surface area contributed by atoms with Crippen molar-refractivity contribution in [2.75, 3.05) is 39.6 Å². The molecule has 0 heterocycles. The summed E-state index contributed by atoms with van der Waals surface area (Å²) in [4.78, 5) is 0. The number of fused-ring (bicyclic) bond motifs is 1. The van der Waals surface area contributed by atoms with Gasteiger partial charge in [0.2, 0.25) is 0 Å². The molecule has 0 N–H and O–H groups in total. The summed E-state index contributed by atoms with van der Waals surface area (Å²) in [6.07, 6.45) is 10.2. The molecular weight excluding hydrogens is 388 g/mol. The summed E-state index contributed by atoms with van der Waals surface area (Å²) in [5.41, 5.74) is 0. The Kier molecular flexibility index (Phi) is 14.1. The summed E-state index contributed by atoms with van der Waals surface area (Å²) in [7, 11) is 0. The molecule has 0 fully saturated rings. The quantitative estimate of drug-likeness (QED) is 0.230. The second-order valence-corrected chi connectivity index (χ2v) is 8.01. The van der Waals surface area contributed by atoms with E-state index in [2.05, 4.69) is 49.4 Å². The van der Waals surface area contributed by atoms with E-state index in [1.165, 1.54) is 50.3 Å². The van der Waals surface area contributed by atoms with Crippen LogP contribution < -0.4 is 4.74 Å². The van der Waals surface area contributed by atoms with Crippen LogP contribution in [-0.2, 0) is 14.2 Å². The van der Waals surface area contributed by atoms with E-state index in [1.54, 1.807) is 0 Å². The van der Waals surface area contributed by atoms with Crippen LogP contribution in [0.2, 0.25) is 0 Å². The molecule has 0 aromatic heterocycles. The molecular formula is C27H42O4. The lowest BCUT2D eigenvalue weighted by Gasteiger charge is -2.20. The topological polar surface area (TPSA) is 36.9 Å². The normalized spacial score (nSPS) is 12.3. The van der Waals surface area contributed by atoms with E-state index in [0.29, 0.717) is 33.0 Å². The molecule has 174 valence electrons. The molecule has 0 radical (unpaired) electrons. The van der Waals surface area contributed by atoms with Crippen LogP contribution in [0.3, 0.4) is 0 Å². The zero-order chi connectivity index (χ0) is 22.0. The van der Waals surface area contributed by atoms with Gasteiger partial charge in [-0.1, -0.05) is 81.8 Å². The molecule has 1 atom stereocenters. The SMILES string of the molecule is CCCCCCCCCC(COCCOCCOCC)Oc1cccc2ccccc12. The van der Waals surface area contributed by atoms with Gasteiger partial charge in [-0.05, 0) is 31.2 Å². The Morgan fingerprint density at radius 1 is 0.677 bits per heavy atom. The zero-order valence-corrected chi connectivity index (χ0v) is 19.7. The van der Waals surface area contributed by atoms with Gasteiger partial charge in [-0.15, -0.1) is 0 Å². The summed E-state index contributed by atoms with van der Waals surface area (Å²) < 4.78 is 23.2. The van der Waals surface area contributed by atoms with Crippen molar-refractivity contribution in [2.45, 2.75) is 71.3 Å². The van der Waals surface area contributed by atoms with Gasteiger partial charge in [0.25, 0.3) is 0 Å². The van der Waals surface area contributed by atoms with E-state index < -0.39 is 0 Å². The highest BCUT2D eigenvalue weighted by atomic mass is 16.6. The van der Waals surface area contributed by atoms with Gasteiger partial charge in [-0.3, -0.25) is 0 Å². The number of hydrogen-bond donors (Lipinski definition) is 0. The van der Waals surface area contributed by atoms with Gasteiger partial charge in [0.15, 0.2) is 0 Å². The summed E-state index contributed by atoms with van der Waals surface area (Å²) in [6, 6.07) is 14.6. The van der Waals surface area contributed by atoms with Gasteiger partial charge in [0.05, 0.1) is 33.0 Å². The van der Waals surface area contributed by atoms with Crippen LogP contribution in [0.5, 0.6) is 5.75 Å². The predicted molar refractivity (Wildman–Crippen MR) is 129 cm³/mol. The van der Waals surface area contributed by atoms with E-state index in [1.807, 2.05) is 6.92 Å². The summed E-state index contributed by atoms with van der Waals surface area (Å²) in [6.45, 7) is 8.00. The Labute approximate surface area is 189 Å². The van der Waals surface area contributed by atoms with Crippen molar-refractivity contribution >= 4 is 10.8 Å². The van der Waals surface area contributed by atoms with Crippen molar-refractivity contribution in [3.05, 3.63) is 42.5 Å². The van der Waals surface area contributed by atoms with Crippen LogP contribution in [0.25, 0.3) is 10.8 Å². The minimum atomic E-state index is 0.0601. The fourth-order valence-corrected chi connectivity index (χ4v) is 3.68. The maximum atomic E-state index is 6.45. The van der Waals surface area contributed by atoms with E-state index in [9.17, 15) is 0 Å². The fourth-order valence-electron chi connectivity index (χ4n) is 3.68. The molecule has 0 saturated carbocycles. The summed E-state index contributed by atoms with van der Waals surface area (Å²) in [5, 5.41) is 2.37. The van der Waals surface area contributed by atoms with Gasteiger partial charge in [-0.2, -0.15) is 0 Å². The van der Waals surface area contributed by atoms with Crippen LogP contribution in [0, 0.1) is 0 Å². The number of ether oxygens (including phenoxy) is 4. The van der Waals surface area contributed by atoms with E-state index in [-0.39, 0.29) is 6.10 Å². The monoisotopic (exact) mass is 430 g/mol. The number of rotatable bonds is 19. The first-order valence-electron chi connectivity index (χ1n) is 12.2. The van der Waals surface area contributed by atoms with Crippen molar-refractivity contribution in [3.63, 3.8) is 0 Å². The molecule has 2 aromatic carbocycles. The van der Waals surface area contributed by atoms with Crippen LogP contribution in [0.4, 0.5) is 0 Å². The molecule has 31 heavy (non-hydrogen) atoms. The van der Waals surface area contributed by atoms with Crippen molar-refractivity contribution in [1.29, 1.82) is 0 Å². The first-order valence-corrected chi connectivity index (χ1v) is 12.2. The van der Waals surface area contributed by atoms with Gasteiger partial charge in [-0.25, -0.2) is 0 Å². The predicted octanol–water partition coefficient (Wildman–Crippen LogP) is 6.80. The highest BCUT2D eigenvalue weighted by Gasteiger charge is 2.13. The van der Waals surface area contributed by atoms with Gasteiger partial charge >= 0.3 is 0 Å². The van der Waals surface area contributed by atoms with Crippen LogP contribution >= 0.6 is 0 Å². The summed E-state index contributed by atoms with van der Waals surface area (Å²) in [5.74, 6) is 0.947. The highest BCUT2D eigenvalue weighted by molar-refractivity contribution is 5.88. The smallest absolute Gasteiger partial charge is 0.127 e. The lowest BCUT2D eigenvalue weighted by molar-refractivity contribution is -0.00489. The third kappa shape index (κ3) is 11.0. The average molecular weight is 431 g/mol. The van der Waals surface area contributed by atoms with Crippen LogP contribution in [0.1, 0.15) is 65.2 Å². The molecule has 0 bridgehead atoms. The Hall–Kier alpha value is -1.62.